The van der Waals surface area contributed by atoms with E-state index >= 15 is 0 Å². The number of carboxylic acids is 1. The average Bonchev–Trinajstić information content (AvgIpc) is 2.68. The summed E-state index contributed by atoms with van der Waals surface area (Å²) in [6.07, 6.45) is 7.22. The number of aromatic carboxylic acids is 1. The summed E-state index contributed by atoms with van der Waals surface area (Å²) >= 11 is 0. The fourth-order valence-electron chi connectivity index (χ4n) is 3.90. The second-order valence-corrected chi connectivity index (χ2v) is 9.23. The van der Waals surface area contributed by atoms with Crippen molar-refractivity contribution in [3.63, 3.8) is 0 Å². The lowest BCUT2D eigenvalue weighted by Crippen LogP contribution is -2.47. The fourth-order valence-corrected chi connectivity index (χ4v) is 4.52. The van der Waals surface area contributed by atoms with Crippen LogP contribution >= 0.6 is 0 Å². The molecular weight excluding hydrogens is 368 g/mol. The number of aromatic nitrogens is 1. The highest BCUT2D eigenvalue weighted by molar-refractivity contribution is 7.92. The number of nitrogens with zero attached hydrogens (tertiary/aromatic N) is 3. The van der Waals surface area contributed by atoms with Crippen LogP contribution in [0.2, 0.25) is 0 Å². The first-order valence-corrected chi connectivity index (χ1v) is 11.3. The first kappa shape index (κ1) is 19.9. The molecule has 150 valence electrons. The van der Waals surface area contributed by atoms with Gasteiger partial charge in [-0.05, 0) is 51.8 Å². The van der Waals surface area contributed by atoms with Gasteiger partial charge in [-0.2, -0.15) is 0 Å². The first-order valence-electron chi connectivity index (χ1n) is 9.62. The Labute approximate surface area is 160 Å². The third kappa shape index (κ3) is 4.90. The number of carbonyl (C=O) groups is 1. The standard InChI is InChI=1S/C18H28N4O4S/c1-2-27(25,26)20-14-12-16(18(23)24)17(19-13-14)22-10-6-15(7-11-22)21-8-4-3-5-9-21/h12-13,15,20H,2-11H2,1H3,(H,23,24). The summed E-state index contributed by atoms with van der Waals surface area (Å²) in [5.74, 6) is -0.770. The predicted octanol–water partition coefficient (Wildman–Crippen LogP) is 2.00. The van der Waals surface area contributed by atoms with Crippen molar-refractivity contribution in [2.45, 2.75) is 45.1 Å². The maximum absolute atomic E-state index is 11.7. The summed E-state index contributed by atoms with van der Waals surface area (Å²) in [6.45, 7) is 5.36. The Morgan fingerprint density at radius 3 is 2.48 bits per heavy atom. The van der Waals surface area contributed by atoms with Crippen LogP contribution in [0.4, 0.5) is 11.5 Å². The molecule has 0 spiro atoms. The number of pyridine rings is 1. The van der Waals surface area contributed by atoms with Crippen LogP contribution in [0.25, 0.3) is 0 Å². The molecule has 9 heteroatoms. The number of carboxylic acid groups (broad SMARTS) is 1. The lowest BCUT2D eigenvalue weighted by Gasteiger charge is -2.40. The SMILES string of the molecule is CCS(=O)(=O)Nc1cnc(N2CCC(N3CCCCC3)CC2)c(C(=O)O)c1. The monoisotopic (exact) mass is 396 g/mol. The van der Waals surface area contributed by atoms with E-state index in [9.17, 15) is 18.3 Å². The molecule has 3 heterocycles. The molecular formula is C18H28N4O4S. The number of hydrogen-bond donors (Lipinski definition) is 2. The molecule has 2 aliphatic heterocycles. The van der Waals surface area contributed by atoms with Gasteiger partial charge in [0.25, 0.3) is 0 Å². The minimum Gasteiger partial charge on any atom is -0.478 e. The molecule has 2 saturated heterocycles. The zero-order valence-electron chi connectivity index (χ0n) is 15.7. The van der Waals surface area contributed by atoms with E-state index in [1.54, 1.807) is 0 Å². The second-order valence-electron chi connectivity index (χ2n) is 7.22. The third-order valence-electron chi connectivity index (χ3n) is 5.42. The van der Waals surface area contributed by atoms with E-state index in [0.717, 1.165) is 39.0 Å². The fraction of sp³-hybridized carbons (Fsp3) is 0.667. The van der Waals surface area contributed by atoms with Gasteiger partial charge >= 0.3 is 5.97 Å². The van der Waals surface area contributed by atoms with E-state index in [1.165, 1.54) is 38.4 Å². The minimum absolute atomic E-state index is 0.0303. The van der Waals surface area contributed by atoms with Crippen LogP contribution in [-0.2, 0) is 10.0 Å². The molecule has 0 atom stereocenters. The van der Waals surface area contributed by atoms with Gasteiger partial charge in [0.1, 0.15) is 11.4 Å². The number of hydrogen-bond acceptors (Lipinski definition) is 6. The molecule has 0 saturated carbocycles. The summed E-state index contributed by atoms with van der Waals surface area (Å²) in [6, 6.07) is 1.92. The van der Waals surface area contributed by atoms with Crippen LogP contribution in [0, 0.1) is 0 Å². The van der Waals surface area contributed by atoms with Gasteiger partial charge in [-0.3, -0.25) is 4.72 Å². The van der Waals surface area contributed by atoms with Crippen molar-refractivity contribution in [1.29, 1.82) is 0 Å². The summed E-state index contributed by atoms with van der Waals surface area (Å²) in [4.78, 5) is 20.6. The smallest absolute Gasteiger partial charge is 0.339 e. The van der Waals surface area contributed by atoms with Crippen molar-refractivity contribution in [3.05, 3.63) is 17.8 Å². The average molecular weight is 397 g/mol. The van der Waals surface area contributed by atoms with Crippen molar-refractivity contribution in [3.8, 4) is 0 Å². The summed E-state index contributed by atoms with van der Waals surface area (Å²) < 4.78 is 25.8. The van der Waals surface area contributed by atoms with Crippen molar-refractivity contribution in [2.24, 2.45) is 0 Å². The Bertz CT molecular complexity index is 770. The molecule has 2 fully saturated rings. The molecule has 0 unspecified atom stereocenters. The minimum atomic E-state index is -3.47. The quantitative estimate of drug-likeness (QED) is 0.758. The predicted molar refractivity (Wildman–Crippen MR) is 105 cm³/mol. The normalized spacial score (nSPS) is 19.8. The Balaban J connectivity index is 1.71. The van der Waals surface area contributed by atoms with Gasteiger partial charge in [-0.1, -0.05) is 6.42 Å². The van der Waals surface area contributed by atoms with E-state index < -0.39 is 16.0 Å². The van der Waals surface area contributed by atoms with Crippen molar-refractivity contribution < 1.29 is 18.3 Å². The van der Waals surface area contributed by atoms with Crippen LogP contribution in [0.5, 0.6) is 0 Å². The number of sulfonamides is 1. The maximum Gasteiger partial charge on any atom is 0.339 e. The highest BCUT2D eigenvalue weighted by atomic mass is 32.2. The van der Waals surface area contributed by atoms with Gasteiger partial charge < -0.3 is 14.9 Å². The molecule has 2 N–H and O–H groups in total. The number of likely N-dealkylation sites (tertiary alicyclic amines) is 1. The molecule has 0 amide bonds. The lowest BCUT2D eigenvalue weighted by molar-refractivity contribution is 0.0697. The molecule has 0 radical (unpaired) electrons. The van der Waals surface area contributed by atoms with Gasteiger partial charge in [-0.25, -0.2) is 18.2 Å². The van der Waals surface area contributed by atoms with Crippen LogP contribution in [0.15, 0.2) is 12.3 Å². The van der Waals surface area contributed by atoms with Gasteiger partial charge in [0.15, 0.2) is 0 Å². The molecule has 0 aliphatic carbocycles. The number of nitrogens with one attached hydrogen (secondary N) is 1. The van der Waals surface area contributed by atoms with Gasteiger partial charge in [-0.15, -0.1) is 0 Å². The van der Waals surface area contributed by atoms with Crippen LogP contribution in [-0.4, -0.2) is 67.4 Å². The van der Waals surface area contributed by atoms with Crippen LogP contribution in [0.1, 0.15) is 49.4 Å². The van der Waals surface area contributed by atoms with E-state index in [-0.39, 0.29) is 17.0 Å². The Hall–Kier alpha value is -1.87. The van der Waals surface area contributed by atoms with E-state index in [2.05, 4.69) is 14.6 Å². The highest BCUT2D eigenvalue weighted by Crippen LogP contribution is 2.27. The van der Waals surface area contributed by atoms with Gasteiger partial charge in [0, 0.05) is 19.1 Å². The second kappa shape index (κ2) is 8.43. The summed E-state index contributed by atoms with van der Waals surface area (Å²) in [7, 11) is -3.47. The van der Waals surface area contributed by atoms with Crippen molar-refractivity contribution >= 4 is 27.5 Å². The lowest BCUT2D eigenvalue weighted by atomic mass is 9.99. The molecule has 8 nitrogen and oxygen atoms in total. The highest BCUT2D eigenvalue weighted by Gasteiger charge is 2.28. The maximum atomic E-state index is 11.7. The largest absolute Gasteiger partial charge is 0.478 e. The molecule has 2 aliphatic rings. The third-order valence-corrected chi connectivity index (χ3v) is 6.73. The van der Waals surface area contributed by atoms with Gasteiger partial charge in [0.2, 0.25) is 10.0 Å². The number of rotatable bonds is 6. The molecule has 27 heavy (non-hydrogen) atoms. The molecule has 1 aromatic rings. The Morgan fingerprint density at radius 1 is 1.22 bits per heavy atom. The van der Waals surface area contributed by atoms with Crippen molar-refractivity contribution in [1.82, 2.24) is 9.88 Å². The van der Waals surface area contributed by atoms with E-state index in [4.69, 9.17) is 0 Å². The van der Waals surface area contributed by atoms with E-state index in [0.29, 0.717) is 11.9 Å². The zero-order chi connectivity index (χ0) is 19.4. The number of piperidine rings is 2. The topological polar surface area (TPSA) is 103 Å². The molecule has 1 aromatic heterocycles. The van der Waals surface area contributed by atoms with Crippen LogP contribution < -0.4 is 9.62 Å². The van der Waals surface area contributed by atoms with Crippen LogP contribution in [0.3, 0.4) is 0 Å². The zero-order valence-corrected chi connectivity index (χ0v) is 16.5. The summed E-state index contributed by atoms with van der Waals surface area (Å²) in [5.41, 5.74) is 0.212. The molecule has 3 rings (SSSR count). The summed E-state index contributed by atoms with van der Waals surface area (Å²) in [5, 5.41) is 9.58. The van der Waals surface area contributed by atoms with Crippen molar-refractivity contribution in [2.75, 3.05) is 41.6 Å². The Kier molecular flexibility index (Phi) is 6.21. The first-order chi connectivity index (χ1) is 12.9. The Morgan fingerprint density at radius 2 is 1.89 bits per heavy atom. The van der Waals surface area contributed by atoms with Gasteiger partial charge in [0.05, 0.1) is 17.6 Å². The van der Waals surface area contributed by atoms with E-state index in [1.807, 2.05) is 4.90 Å². The molecule has 0 aromatic carbocycles. The number of anilines is 2. The molecule has 0 bridgehead atoms.